The van der Waals surface area contributed by atoms with E-state index in [1.165, 1.54) is 12.1 Å². The van der Waals surface area contributed by atoms with Crippen molar-refractivity contribution in [3.8, 4) is 0 Å². The van der Waals surface area contributed by atoms with Crippen LogP contribution in [0.1, 0.15) is 24.8 Å². The third-order valence-electron chi connectivity index (χ3n) is 2.11. The molecule has 0 amide bonds. The van der Waals surface area contributed by atoms with Crippen molar-refractivity contribution in [2.75, 3.05) is 0 Å². The molecular weight excluding hydrogens is 182 g/mol. The van der Waals surface area contributed by atoms with Gasteiger partial charge in [0.1, 0.15) is 6.29 Å². The van der Waals surface area contributed by atoms with Gasteiger partial charge in [-0.15, -0.1) is 0 Å². The molecule has 1 aromatic carbocycles. The molecule has 0 spiro atoms. The molecule has 0 radical (unpaired) electrons. The average molecular weight is 193 g/mol. The number of hydrogen-bond acceptors (Lipinski definition) is 3. The Morgan fingerprint density at radius 1 is 1.57 bits per heavy atom. The molecule has 0 aliphatic heterocycles. The number of carbonyl (C=O) groups is 1. The zero-order valence-electron chi connectivity index (χ0n) is 7.84. The van der Waals surface area contributed by atoms with Crippen LogP contribution in [0.5, 0.6) is 0 Å². The first-order valence-electron chi connectivity index (χ1n) is 4.38. The Kier molecular flexibility index (Phi) is 3.34. The zero-order chi connectivity index (χ0) is 10.6. The molecule has 1 aromatic rings. The van der Waals surface area contributed by atoms with Crippen LogP contribution >= 0.6 is 0 Å². The summed E-state index contributed by atoms with van der Waals surface area (Å²) in [7, 11) is 0. The highest BCUT2D eigenvalue weighted by molar-refractivity contribution is 5.62. The molecule has 1 rings (SSSR count). The number of non-ortho nitro benzene ring substituents is 1. The zero-order valence-corrected chi connectivity index (χ0v) is 7.84. The van der Waals surface area contributed by atoms with Crippen LogP contribution in [0.4, 0.5) is 5.69 Å². The predicted octanol–water partition coefficient (Wildman–Crippen LogP) is 2.29. The SMILES string of the molecule is CCC(C=O)c1cccc([N+](=O)[O-])c1. The van der Waals surface area contributed by atoms with Crippen LogP contribution in [0.3, 0.4) is 0 Å². The number of hydrogen-bond donors (Lipinski definition) is 0. The Balaban J connectivity index is 3.03. The number of nitrogens with zero attached hydrogens (tertiary/aromatic N) is 1. The van der Waals surface area contributed by atoms with Crippen molar-refractivity contribution in [3.05, 3.63) is 39.9 Å². The highest BCUT2D eigenvalue weighted by atomic mass is 16.6. The van der Waals surface area contributed by atoms with Gasteiger partial charge in [-0.3, -0.25) is 10.1 Å². The fourth-order valence-corrected chi connectivity index (χ4v) is 1.28. The Hall–Kier alpha value is -1.71. The number of aldehydes is 1. The molecule has 4 nitrogen and oxygen atoms in total. The molecule has 0 heterocycles. The van der Waals surface area contributed by atoms with Gasteiger partial charge in [-0.2, -0.15) is 0 Å². The standard InChI is InChI=1S/C10H11NO3/c1-2-8(7-12)9-4-3-5-10(6-9)11(13)14/h3-8H,2H2,1H3. The summed E-state index contributed by atoms with van der Waals surface area (Å²) in [6.45, 7) is 1.87. The number of nitro benzene ring substituents is 1. The van der Waals surface area contributed by atoms with Crippen molar-refractivity contribution in [2.24, 2.45) is 0 Å². The van der Waals surface area contributed by atoms with Crippen molar-refractivity contribution >= 4 is 12.0 Å². The molecule has 0 saturated carbocycles. The average Bonchev–Trinajstić information content (AvgIpc) is 2.20. The molecule has 0 aliphatic rings. The Labute approximate surface area is 81.7 Å². The first kappa shape index (κ1) is 10.4. The van der Waals surface area contributed by atoms with Crippen LogP contribution in [0.2, 0.25) is 0 Å². The molecule has 0 bridgehead atoms. The van der Waals surface area contributed by atoms with Crippen LogP contribution in [0.25, 0.3) is 0 Å². The van der Waals surface area contributed by atoms with Gasteiger partial charge < -0.3 is 4.79 Å². The lowest BCUT2D eigenvalue weighted by Crippen LogP contribution is -1.99. The summed E-state index contributed by atoms with van der Waals surface area (Å²) in [5, 5.41) is 10.5. The van der Waals surface area contributed by atoms with E-state index in [2.05, 4.69) is 0 Å². The molecule has 4 heteroatoms. The number of benzene rings is 1. The van der Waals surface area contributed by atoms with E-state index in [1.807, 2.05) is 6.92 Å². The summed E-state index contributed by atoms with van der Waals surface area (Å²) in [5.41, 5.74) is 0.736. The van der Waals surface area contributed by atoms with Crippen LogP contribution in [0, 0.1) is 10.1 Å². The summed E-state index contributed by atoms with van der Waals surface area (Å²) in [5.74, 6) is -0.241. The number of carbonyl (C=O) groups excluding carboxylic acids is 1. The monoisotopic (exact) mass is 193 g/mol. The highest BCUT2D eigenvalue weighted by Gasteiger charge is 2.11. The van der Waals surface area contributed by atoms with Crippen LogP contribution in [-0.2, 0) is 4.79 Å². The van der Waals surface area contributed by atoms with Gasteiger partial charge in [-0.05, 0) is 12.0 Å². The summed E-state index contributed by atoms with van der Waals surface area (Å²) < 4.78 is 0. The summed E-state index contributed by atoms with van der Waals surface area (Å²) in [4.78, 5) is 20.7. The molecule has 0 aromatic heterocycles. The summed E-state index contributed by atoms with van der Waals surface area (Å²) >= 11 is 0. The summed E-state index contributed by atoms with van der Waals surface area (Å²) in [6.07, 6.45) is 1.48. The predicted molar refractivity (Wildman–Crippen MR) is 52.2 cm³/mol. The van der Waals surface area contributed by atoms with Crippen molar-refractivity contribution in [1.29, 1.82) is 0 Å². The van der Waals surface area contributed by atoms with Crippen LogP contribution < -0.4 is 0 Å². The van der Waals surface area contributed by atoms with Gasteiger partial charge in [0.05, 0.1) is 4.92 Å². The van der Waals surface area contributed by atoms with Gasteiger partial charge >= 0.3 is 0 Å². The lowest BCUT2D eigenvalue weighted by atomic mass is 9.98. The van der Waals surface area contributed by atoms with E-state index in [4.69, 9.17) is 0 Å². The second-order valence-electron chi connectivity index (χ2n) is 3.00. The lowest BCUT2D eigenvalue weighted by molar-refractivity contribution is -0.384. The minimum absolute atomic E-state index is 0.0304. The highest BCUT2D eigenvalue weighted by Crippen LogP contribution is 2.21. The van der Waals surface area contributed by atoms with E-state index >= 15 is 0 Å². The van der Waals surface area contributed by atoms with Gasteiger partial charge in [0.15, 0.2) is 0 Å². The van der Waals surface area contributed by atoms with E-state index in [0.717, 1.165) is 6.29 Å². The van der Waals surface area contributed by atoms with Gasteiger partial charge in [0, 0.05) is 18.1 Å². The third-order valence-corrected chi connectivity index (χ3v) is 2.11. The third kappa shape index (κ3) is 2.16. The van der Waals surface area contributed by atoms with E-state index in [9.17, 15) is 14.9 Å². The molecular formula is C10H11NO3. The van der Waals surface area contributed by atoms with Crippen molar-refractivity contribution in [1.82, 2.24) is 0 Å². The smallest absolute Gasteiger partial charge is 0.269 e. The topological polar surface area (TPSA) is 60.2 Å². The van der Waals surface area contributed by atoms with Gasteiger partial charge in [-0.1, -0.05) is 19.1 Å². The molecule has 0 fully saturated rings. The van der Waals surface area contributed by atoms with Crippen molar-refractivity contribution in [2.45, 2.75) is 19.3 Å². The van der Waals surface area contributed by atoms with E-state index in [0.29, 0.717) is 12.0 Å². The van der Waals surface area contributed by atoms with Crippen molar-refractivity contribution in [3.63, 3.8) is 0 Å². The Morgan fingerprint density at radius 3 is 2.79 bits per heavy atom. The van der Waals surface area contributed by atoms with Crippen molar-refractivity contribution < 1.29 is 9.72 Å². The molecule has 0 saturated heterocycles. The number of rotatable bonds is 4. The van der Waals surface area contributed by atoms with E-state index in [1.54, 1.807) is 12.1 Å². The van der Waals surface area contributed by atoms with Crippen LogP contribution in [-0.4, -0.2) is 11.2 Å². The van der Waals surface area contributed by atoms with E-state index < -0.39 is 4.92 Å². The van der Waals surface area contributed by atoms with Gasteiger partial charge in [0.2, 0.25) is 0 Å². The van der Waals surface area contributed by atoms with Gasteiger partial charge in [-0.25, -0.2) is 0 Å². The summed E-state index contributed by atoms with van der Waals surface area (Å²) in [6, 6.07) is 6.19. The fraction of sp³-hybridized carbons (Fsp3) is 0.300. The molecule has 1 unspecified atom stereocenters. The largest absolute Gasteiger partial charge is 0.303 e. The lowest BCUT2D eigenvalue weighted by Gasteiger charge is -2.06. The second kappa shape index (κ2) is 4.50. The normalized spacial score (nSPS) is 12.1. The van der Waals surface area contributed by atoms with Gasteiger partial charge in [0.25, 0.3) is 5.69 Å². The van der Waals surface area contributed by atoms with E-state index in [-0.39, 0.29) is 11.6 Å². The maximum atomic E-state index is 10.6. The first-order chi connectivity index (χ1) is 6.69. The Morgan fingerprint density at radius 2 is 2.29 bits per heavy atom. The minimum Gasteiger partial charge on any atom is -0.303 e. The molecule has 0 N–H and O–H groups in total. The molecule has 14 heavy (non-hydrogen) atoms. The minimum atomic E-state index is -0.457. The maximum Gasteiger partial charge on any atom is 0.269 e. The second-order valence-corrected chi connectivity index (χ2v) is 3.00. The number of nitro groups is 1. The quantitative estimate of drug-likeness (QED) is 0.418. The molecule has 0 aliphatic carbocycles. The fourth-order valence-electron chi connectivity index (χ4n) is 1.28. The molecule has 1 atom stereocenters. The first-order valence-corrected chi connectivity index (χ1v) is 4.38. The maximum absolute atomic E-state index is 10.6. The Bertz CT molecular complexity index is 349. The molecule has 74 valence electrons. The van der Waals surface area contributed by atoms with Crippen LogP contribution in [0.15, 0.2) is 24.3 Å².